The zero-order valence-electron chi connectivity index (χ0n) is 16.5. The molecule has 1 aromatic heterocycles. The number of hydrogen-bond donors (Lipinski definition) is 2. The van der Waals surface area contributed by atoms with E-state index in [-0.39, 0.29) is 17.9 Å². The first-order valence-electron chi connectivity index (χ1n) is 10.5. The zero-order valence-corrected chi connectivity index (χ0v) is 16.5. The van der Waals surface area contributed by atoms with E-state index in [1.807, 2.05) is 28.8 Å². The molecule has 28 heavy (non-hydrogen) atoms. The molecular weight excluding hydrogens is 352 g/mol. The third kappa shape index (κ3) is 3.68. The Kier molecular flexibility index (Phi) is 5.46. The normalized spacial score (nSPS) is 16.6. The van der Waals surface area contributed by atoms with Gasteiger partial charge in [0.25, 0.3) is 11.8 Å². The molecule has 2 heterocycles. The molecule has 0 bridgehead atoms. The topological polar surface area (TPSA) is 76.0 Å². The number of aromatic nitrogens is 2. The molecule has 1 aromatic carbocycles. The third-order valence-corrected chi connectivity index (χ3v) is 5.87. The Balaban J connectivity index is 1.60. The van der Waals surface area contributed by atoms with Gasteiger partial charge in [0.15, 0.2) is 11.5 Å². The minimum absolute atomic E-state index is 0.150. The summed E-state index contributed by atoms with van der Waals surface area (Å²) in [5, 5.41) is 6.12. The van der Waals surface area contributed by atoms with Crippen molar-refractivity contribution in [3.8, 4) is 0 Å². The van der Waals surface area contributed by atoms with Crippen molar-refractivity contribution in [2.75, 3.05) is 5.32 Å². The molecule has 0 atom stereocenters. The van der Waals surface area contributed by atoms with Crippen LogP contribution >= 0.6 is 0 Å². The summed E-state index contributed by atoms with van der Waals surface area (Å²) in [5.41, 5.74) is 3.17. The molecule has 2 N–H and O–H groups in total. The molecule has 6 nitrogen and oxygen atoms in total. The van der Waals surface area contributed by atoms with E-state index in [0.717, 1.165) is 74.9 Å². The van der Waals surface area contributed by atoms with E-state index >= 15 is 0 Å². The molecule has 1 aliphatic carbocycles. The van der Waals surface area contributed by atoms with Crippen molar-refractivity contribution < 1.29 is 9.59 Å². The van der Waals surface area contributed by atoms with Crippen LogP contribution in [-0.2, 0) is 19.4 Å². The first-order chi connectivity index (χ1) is 13.7. The zero-order chi connectivity index (χ0) is 19.5. The Hall–Kier alpha value is -2.63. The molecule has 1 fully saturated rings. The number of anilines is 1. The van der Waals surface area contributed by atoms with Crippen LogP contribution < -0.4 is 10.6 Å². The predicted octanol–water partition coefficient (Wildman–Crippen LogP) is 3.71. The molecule has 6 heteroatoms. The van der Waals surface area contributed by atoms with Gasteiger partial charge < -0.3 is 15.2 Å². The van der Waals surface area contributed by atoms with Crippen molar-refractivity contribution in [3.63, 3.8) is 0 Å². The molecule has 2 amide bonds. The monoisotopic (exact) mass is 380 g/mol. The van der Waals surface area contributed by atoms with Gasteiger partial charge in [0.1, 0.15) is 0 Å². The quantitative estimate of drug-likeness (QED) is 0.830. The molecule has 148 valence electrons. The standard InChI is InChI=1S/C22H28N4O2/c1-2-15-9-3-6-12-17(15)24-21(27)19-18-13-7-8-14-26(18)20(25-19)22(28)23-16-10-4-5-11-16/h3,6,9,12,16H,2,4-5,7-8,10-11,13-14H2,1H3,(H,23,28)(H,24,27). The van der Waals surface area contributed by atoms with E-state index in [4.69, 9.17) is 0 Å². The highest BCUT2D eigenvalue weighted by Crippen LogP contribution is 2.24. The maximum Gasteiger partial charge on any atom is 0.287 e. The second-order valence-electron chi connectivity index (χ2n) is 7.76. The second kappa shape index (κ2) is 8.17. The van der Waals surface area contributed by atoms with Crippen molar-refractivity contribution in [1.82, 2.24) is 14.9 Å². The molecule has 0 spiro atoms. The Bertz CT molecular complexity index is 881. The van der Waals surface area contributed by atoms with Gasteiger partial charge in [-0.05, 0) is 50.2 Å². The molecule has 0 unspecified atom stereocenters. The van der Waals surface area contributed by atoms with Gasteiger partial charge in [-0.1, -0.05) is 38.0 Å². The number of fused-ring (bicyclic) bond motifs is 1. The van der Waals surface area contributed by atoms with Gasteiger partial charge in [-0.25, -0.2) is 4.98 Å². The summed E-state index contributed by atoms with van der Waals surface area (Å²) in [7, 11) is 0. The Morgan fingerprint density at radius 3 is 2.68 bits per heavy atom. The lowest BCUT2D eigenvalue weighted by atomic mass is 10.1. The van der Waals surface area contributed by atoms with E-state index in [1.165, 1.54) is 0 Å². The molecule has 1 saturated carbocycles. The highest BCUT2D eigenvalue weighted by molar-refractivity contribution is 6.05. The highest BCUT2D eigenvalue weighted by Gasteiger charge is 2.29. The summed E-state index contributed by atoms with van der Waals surface area (Å²) in [6, 6.07) is 8.04. The largest absolute Gasteiger partial charge is 0.347 e. The minimum atomic E-state index is -0.230. The lowest BCUT2D eigenvalue weighted by Crippen LogP contribution is -2.35. The number of para-hydroxylation sites is 1. The molecule has 0 radical (unpaired) electrons. The van der Waals surface area contributed by atoms with Crippen molar-refractivity contribution in [2.45, 2.75) is 70.9 Å². The summed E-state index contributed by atoms with van der Waals surface area (Å²) in [6.45, 7) is 2.81. The van der Waals surface area contributed by atoms with Crippen LogP contribution in [0.2, 0.25) is 0 Å². The summed E-state index contributed by atoms with van der Waals surface area (Å²) in [6.07, 6.45) is 8.02. The summed E-state index contributed by atoms with van der Waals surface area (Å²) >= 11 is 0. The Labute approximate surface area is 165 Å². The maximum atomic E-state index is 13.0. The number of carbonyl (C=O) groups excluding carboxylic acids is 2. The minimum Gasteiger partial charge on any atom is -0.347 e. The maximum absolute atomic E-state index is 13.0. The Morgan fingerprint density at radius 1 is 1.11 bits per heavy atom. The Morgan fingerprint density at radius 2 is 1.89 bits per heavy atom. The number of aryl methyl sites for hydroxylation is 1. The fourth-order valence-electron chi connectivity index (χ4n) is 4.35. The first-order valence-corrected chi connectivity index (χ1v) is 10.5. The van der Waals surface area contributed by atoms with Crippen LogP contribution in [0.15, 0.2) is 24.3 Å². The average Bonchev–Trinajstić information content (AvgIpc) is 3.36. The number of imidazole rings is 1. The molecule has 1 aliphatic heterocycles. The van der Waals surface area contributed by atoms with E-state index in [1.54, 1.807) is 0 Å². The van der Waals surface area contributed by atoms with Gasteiger partial charge in [-0.15, -0.1) is 0 Å². The van der Waals surface area contributed by atoms with Gasteiger partial charge in [0, 0.05) is 18.3 Å². The van der Waals surface area contributed by atoms with Crippen LogP contribution in [0.25, 0.3) is 0 Å². The number of hydrogen-bond acceptors (Lipinski definition) is 3. The fourth-order valence-corrected chi connectivity index (χ4v) is 4.35. The molecule has 4 rings (SSSR count). The number of nitrogens with zero attached hydrogens (tertiary/aromatic N) is 2. The molecule has 0 saturated heterocycles. The highest BCUT2D eigenvalue weighted by atomic mass is 16.2. The van der Waals surface area contributed by atoms with Gasteiger partial charge in [-0.3, -0.25) is 9.59 Å². The SMILES string of the molecule is CCc1ccccc1NC(=O)c1nc(C(=O)NC2CCCC2)n2c1CCCC2. The van der Waals surface area contributed by atoms with Crippen molar-refractivity contribution >= 4 is 17.5 Å². The van der Waals surface area contributed by atoms with Crippen LogP contribution in [-0.4, -0.2) is 27.4 Å². The molecule has 2 aliphatic rings. The van der Waals surface area contributed by atoms with Gasteiger partial charge in [0.05, 0.1) is 5.69 Å². The van der Waals surface area contributed by atoms with E-state index in [2.05, 4.69) is 22.5 Å². The number of benzene rings is 1. The number of rotatable bonds is 5. The van der Waals surface area contributed by atoms with E-state index in [0.29, 0.717) is 11.5 Å². The van der Waals surface area contributed by atoms with E-state index in [9.17, 15) is 9.59 Å². The first kappa shape index (κ1) is 18.7. The summed E-state index contributed by atoms with van der Waals surface area (Å²) in [4.78, 5) is 30.4. The number of nitrogens with one attached hydrogen (secondary N) is 2. The third-order valence-electron chi connectivity index (χ3n) is 5.87. The predicted molar refractivity (Wildman–Crippen MR) is 109 cm³/mol. The summed E-state index contributed by atoms with van der Waals surface area (Å²) < 4.78 is 1.95. The van der Waals surface area contributed by atoms with Crippen molar-refractivity contribution in [1.29, 1.82) is 0 Å². The summed E-state index contributed by atoms with van der Waals surface area (Å²) in [5.74, 6) is 0.00468. The van der Waals surface area contributed by atoms with Gasteiger partial charge in [-0.2, -0.15) is 0 Å². The van der Waals surface area contributed by atoms with Gasteiger partial charge in [0.2, 0.25) is 0 Å². The molecule has 2 aromatic rings. The van der Waals surface area contributed by atoms with Crippen LogP contribution in [0.3, 0.4) is 0 Å². The second-order valence-corrected chi connectivity index (χ2v) is 7.76. The van der Waals surface area contributed by atoms with E-state index < -0.39 is 0 Å². The molecular formula is C22H28N4O2. The van der Waals surface area contributed by atoms with Crippen LogP contribution in [0.5, 0.6) is 0 Å². The van der Waals surface area contributed by atoms with Crippen molar-refractivity contribution in [2.24, 2.45) is 0 Å². The number of carbonyl (C=O) groups is 2. The van der Waals surface area contributed by atoms with Crippen LogP contribution in [0, 0.1) is 0 Å². The van der Waals surface area contributed by atoms with Crippen LogP contribution in [0.4, 0.5) is 5.69 Å². The van der Waals surface area contributed by atoms with Crippen LogP contribution in [0.1, 0.15) is 77.8 Å². The lowest BCUT2D eigenvalue weighted by molar-refractivity contribution is 0.0921. The van der Waals surface area contributed by atoms with Gasteiger partial charge >= 0.3 is 0 Å². The smallest absolute Gasteiger partial charge is 0.287 e. The number of amides is 2. The lowest BCUT2D eigenvalue weighted by Gasteiger charge is -2.18. The fraction of sp³-hybridized carbons (Fsp3) is 0.500. The van der Waals surface area contributed by atoms with Crippen molar-refractivity contribution in [3.05, 3.63) is 47.0 Å². The average molecular weight is 380 g/mol.